The van der Waals surface area contributed by atoms with E-state index in [4.69, 9.17) is 0 Å². The highest BCUT2D eigenvalue weighted by Crippen LogP contribution is 2.37. The summed E-state index contributed by atoms with van der Waals surface area (Å²) in [6.45, 7) is 1.05. The van der Waals surface area contributed by atoms with E-state index in [1.807, 2.05) is 0 Å². The Labute approximate surface area is 122 Å². The van der Waals surface area contributed by atoms with Gasteiger partial charge in [0.15, 0.2) is 0 Å². The quantitative estimate of drug-likeness (QED) is 0.856. The standard InChI is InChI=1S/C17H28N2O/c20-17(19(14-8-9-14)11-12-5-6-12)16-10-7-13-3-1-2-4-15(13)18-16/h12-16,18H,1-11H2. The molecular weight excluding hydrogens is 248 g/mol. The van der Waals surface area contributed by atoms with E-state index in [1.54, 1.807) is 0 Å². The molecule has 0 aromatic rings. The number of hydrogen-bond acceptors (Lipinski definition) is 2. The van der Waals surface area contributed by atoms with Gasteiger partial charge >= 0.3 is 0 Å². The van der Waals surface area contributed by atoms with Crippen molar-refractivity contribution < 1.29 is 4.79 Å². The fourth-order valence-corrected chi connectivity index (χ4v) is 4.27. The number of rotatable bonds is 4. The van der Waals surface area contributed by atoms with Crippen molar-refractivity contribution >= 4 is 5.91 Å². The summed E-state index contributed by atoms with van der Waals surface area (Å²) in [6.07, 6.45) is 13.0. The zero-order valence-electron chi connectivity index (χ0n) is 12.5. The fourth-order valence-electron chi connectivity index (χ4n) is 4.27. The van der Waals surface area contributed by atoms with Gasteiger partial charge in [-0.1, -0.05) is 12.8 Å². The molecule has 0 aromatic heterocycles. The first-order chi connectivity index (χ1) is 9.81. The molecular formula is C17H28N2O. The highest BCUT2D eigenvalue weighted by Gasteiger charge is 2.41. The number of hydrogen-bond donors (Lipinski definition) is 1. The molecule has 112 valence electrons. The smallest absolute Gasteiger partial charge is 0.239 e. The summed E-state index contributed by atoms with van der Waals surface area (Å²) in [5, 5.41) is 3.72. The molecule has 1 amide bonds. The Balaban J connectivity index is 1.39. The zero-order valence-corrected chi connectivity index (χ0v) is 12.5. The molecule has 4 aliphatic rings. The molecule has 3 saturated carbocycles. The Morgan fingerprint density at radius 3 is 2.50 bits per heavy atom. The van der Waals surface area contributed by atoms with Gasteiger partial charge in [-0.3, -0.25) is 4.79 Å². The molecule has 0 spiro atoms. The first kappa shape index (κ1) is 13.1. The predicted octanol–water partition coefficient (Wildman–Crippen LogP) is 2.70. The van der Waals surface area contributed by atoms with Crippen molar-refractivity contribution in [2.75, 3.05) is 6.54 Å². The average Bonchev–Trinajstić information content (AvgIpc) is 3.37. The Bertz CT molecular complexity index is 375. The summed E-state index contributed by atoms with van der Waals surface area (Å²) in [6, 6.07) is 1.36. The topological polar surface area (TPSA) is 32.3 Å². The molecule has 4 rings (SSSR count). The van der Waals surface area contributed by atoms with Crippen LogP contribution in [0.15, 0.2) is 0 Å². The second-order valence-corrected chi connectivity index (χ2v) is 7.61. The maximum Gasteiger partial charge on any atom is 0.239 e. The van der Waals surface area contributed by atoms with Crippen LogP contribution in [0.5, 0.6) is 0 Å². The van der Waals surface area contributed by atoms with E-state index in [9.17, 15) is 4.79 Å². The van der Waals surface area contributed by atoms with Crippen LogP contribution in [0.2, 0.25) is 0 Å². The SMILES string of the molecule is O=C(C1CCC2CCCCC2N1)N(CC1CC1)C1CC1. The number of nitrogens with zero attached hydrogens (tertiary/aromatic N) is 1. The lowest BCUT2D eigenvalue weighted by Crippen LogP contribution is -2.56. The summed E-state index contributed by atoms with van der Waals surface area (Å²) < 4.78 is 0. The van der Waals surface area contributed by atoms with E-state index in [1.165, 1.54) is 57.8 Å². The second kappa shape index (κ2) is 5.32. The minimum absolute atomic E-state index is 0.133. The van der Waals surface area contributed by atoms with Crippen LogP contribution in [0.1, 0.15) is 64.2 Å². The lowest BCUT2D eigenvalue weighted by molar-refractivity contribution is -0.135. The van der Waals surface area contributed by atoms with Gasteiger partial charge in [0, 0.05) is 18.6 Å². The maximum absolute atomic E-state index is 12.9. The molecule has 1 N–H and O–H groups in total. The summed E-state index contributed by atoms with van der Waals surface area (Å²) in [5.41, 5.74) is 0. The second-order valence-electron chi connectivity index (χ2n) is 7.61. The van der Waals surface area contributed by atoms with Crippen LogP contribution >= 0.6 is 0 Å². The lowest BCUT2D eigenvalue weighted by Gasteiger charge is -2.41. The van der Waals surface area contributed by atoms with E-state index < -0.39 is 0 Å². The van der Waals surface area contributed by atoms with Gasteiger partial charge in [-0.2, -0.15) is 0 Å². The van der Waals surface area contributed by atoms with Crippen LogP contribution in [0.25, 0.3) is 0 Å². The largest absolute Gasteiger partial charge is 0.338 e. The van der Waals surface area contributed by atoms with E-state index in [-0.39, 0.29) is 6.04 Å². The normalized spacial score (nSPS) is 37.3. The molecule has 3 heteroatoms. The third kappa shape index (κ3) is 2.74. The van der Waals surface area contributed by atoms with Crippen LogP contribution in [-0.2, 0) is 4.79 Å². The summed E-state index contributed by atoms with van der Waals surface area (Å²) >= 11 is 0. The number of amides is 1. The van der Waals surface area contributed by atoms with Gasteiger partial charge in [-0.25, -0.2) is 0 Å². The number of carbonyl (C=O) groups is 1. The summed E-state index contributed by atoms with van der Waals surface area (Å²) in [7, 11) is 0. The number of fused-ring (bicyclic) bond motifs is 1. The van der Waals surface area contributed by atoms with Crippen LogP contribution in [-0.4, -0.2) is 35.5 Å². The van der Waals surface area contributed by atoms with Crippen LogP contribution in [0.3, 0.4) is 0 Å². The molecule has 3 atom stereocenters. The average molecular weight is 276 g/mol. The van der Waals surface area contributed by atoms with Gasteiger partial charge in [0.1, 0.15) is 0 Å². The van der Waals surface area contributed by atoms with Gasteiger partial charge < -0.3 is 10.2 Å². The Morgan fingerprint density at radius 1 is 0.950 bits per heavy atom. The monoisotopic (exact) mass is 276 g/mol. The molecule has 3 aliphatic carbocycles. The lowest BCUT2D eigenvalue weighted by atomic mass is 9.77. The maximum atomic E-state index is 12.9. The summed E-state index contributed by atoms with van der Waals surface area (Å²) in [5.74, 6) is 2.11. The first-order valence-electron chi connectivity index (χ1n) is 8.88. The molecule has 20 heavy (non-hydrogen) atoms. The van der Waals surface area contributed by atoms with Crippen LogP contribution < -0.4 is 5.32 Å². The van der Waals surface area contributed by atoms with Crippen molar-refractivity contribution in [3.8, 4) is 0 Å². The van der Waals surface area contributed by atoms with E-state index in [0.717, 1.165) is 24.8 Å². The van der Waals surface area contributed by atoms with Crippen molar-refractivity contribution in [1.82, 2.24) is 10.2 Å². The number of piperidine rings is 1. The van der Waals surface area contributed by atoms with Crippen LogP contribution in [0.4, 0.5) is 0 Å². The minimum Gasteiger partial charge on any atom is -0.338 e. The Hall–Kier alpha value is -0.570. The first-order valence-corrected chi connectivity index (χ1v) is 8.88. The minimum atomic E-state index is 0.133. The highest BCUT2D eigenvalue weighted by atomic mass is 16.2. The van der Waals surface area contributed by atoms with Crippen molar-refractivity contribution in [2.24, 2.45) is 11.8 Å². The molecule has 0 radical (unpaired) electrons. The van der Waals surface area contributed by atoms with Gasteiger partial charge in [0.05, 0.1) is 6.04 Å². The molecule has 1 aliphatic heterocycles. The van der Waals surface area contributed by atoms with Gasteiger partial charge in [-0.05, 0) is 63.2 Å². The fraction of sp³-hybridized carbons (Fsp3) is 0.941. The van der Waals surface area contributed by atoms with Crippen molar-refractivity contribution in [3.05, 3.63) is 0 Å². The molecule has 4 fully saturated rings. The third-order valence-corrected chi connectivity index (χ3v) is 5.87. The molecule has 0 bridgehead atoms. The van der Waals surface area contributed by atoms with E-state index in [0.29, 0.717) is 18.0 Å². The number of carbonyl (C=O) groups excluding carboxylic acids is 1. The number of nitrogens with one attached hydrogen (secondary N) is 1. The van der Waals surface area contributed by atoms with E-state index >= 15 is 0 Å². The van der Waals surface area contributed by atoms with Gasteiger partial charge in [-0.15, -0.1) is 0 Å². The van der Waals surface area contributed by atoms with Gasteiger partial charge in [0.2, 0.25) is 5.91 Å². The molecule has 1 saturated heterocycles. The van der Waals surface area contributed by atoms with E-state index in [2.05, 4.69) is 10.2 Å². The molecule has 0 aromatic carbocycles. The zero-order chi connectivity index (χ0) is 13.5. The highest BCUT2D eigenvalue weighted by molar-refractivity contribution is 5.82. The van der Waals surface area contributed by atoms with Crippen molar-refractivity contribution in [2.45, 2.75) is 82.3 Å². The third-order valence-electron chi connectivity index (χ3n) is 5.87. The van der Waals surface area contributed by atoms with Gasteiger partial charge in [0.25, 0.3) is 0 Å². The molecule has 1 heterocycles. The predicted molar refractivity (Wildman–Crippen MR) is 79.4 cm³/mol. The van der Waals surface area contributed by atoms with Crippen LogP contribution in [0, 0.1) is 11.8 Å². The Kier molecular flexibility index (Phi) is 3.49. The van der Waals surface area contributed by atoms with Crippen molar-refractivity contribution in [1.29, 1.82) is 0 Å². The Morgan fingerprint density at radius 2 is 1.75 bits per heavy atom. The molecule has 3 nitrogen and oxygen atoms in total. The molecule has 3 unspecified atom stereocenters. The summed E-state index contributed by atoms with van der Waals surface area (Å²) in [4.78, 5) is 15.1. The van der Waals surface area contributed by atoms with Crippen molar-refractivity contribution in [3.63, 3.8) is 0 Å².